The van der Waals surface area contributed by atoms with Crippen molar-refractivity contribution in [2.75, 3.05) is 0 Å². The number of nitro benzene ring substituents is 1. The van der Waals surface area contributed by atoms with Crippen LogP contribution < -0.4 is 11.0 Å². The van der Waals surface area contributed by atoms with E-state index in [-0.39, 0.29) is 17.2 Å². The third-order valence-corrected chi connectivity index (χ3v) is 4.69. The number of carbonyl (C=O) groups is 1. The number of carbonyl (C=O) groups excluding carboxylic acids is 1. The number of aryl methyl sites for hydroxylation is 1. The maximum atomic E-state index is 12.7. The number of thiophene rings is 1. The molecule has 0 saturated carbocycles. The number of nitro groups is 1. The lowest BCUT2D eigenvalue weighted by Gasteiger charge is -2.01. The summed E-state index contributed by atoms with van der Waals surface area (Å²) in [4.78, 5) is 35.5. The van der Waals surface area contributed by atoms with Crippen molar-refractivity contribution >= 4 is 28.6 Å². The number of aromatic amines is 1. The highest BCUT2D eigenvalue weighted by Crippen LogP contribution is 2.15. The lowest BCUT2D eigenvalue weighted by molar-refractivity contribution is -0.384. The van der Waals surface area contributed by atoms with Gasteiger partial charge in [0.25, 0.3) is 17.2 Å². The van der Waals surface area contributed by atoms with Gasteiger partial charge in [0.05, 0.1) is 26.8 Å². The fourth-order valence-corrected chi connectivity index (χ4v) is 3.14. The number of benzene rings is 1. The number of hydrazone groups is 1. The summed E-state index contributed by atoms with van der Waals surface area (Å²) in [6, 6.07) is 9.03. The molecule has 3 aromatic rings. The van der Waals surface area contributed by atoms with E-state index in [0.29, 0.717) is 27.5 Å². The molecule has 2 heterocycles. The van der Waals surface area contributed by atoms with Gasteiger partial charge < -0.3 is 0 Å². The van der Waals surface area contributed by atoms with Gasteiger partial charge in [-0.25, -0.2) is 10.1 Å². The number of amides is 1. The third kappa shape index (κ3) is 3.70. The molecule has 0 spiro atoms. The molecule has 2 aromatic heterocycles. The van der Waals surface area contributed by atoms with Crippen molar-refractivity contribution in [1.29, 1.82) is 0 Å². The van der Waals surface area contributed by atoms with Crippen LogP contribution in [0.3, 0.4) is 0 Å². The summed E-state index contributed by atoms with van der Waals surface area (Å²) >= 11 is 1.29. The molecule has 0 aliphatic carbocycles. The first-order chi connectivity index (χ1) is 12.9. The van der Waals surface area contributed by atoms with E-state index in [1.54, 1.807) is 31.4 Å². The van der Waals surface area contributed by atoms with Crippen LogP contribution in [0, 0.1) is 17.0 Å². The number of hydrogen-bond acceptors (Lipinski definition) is 6. The van der Waals surface area contributed by atoms with Crippen LogP contribution in [0.25, 0.3) is 5.69 Å². The summed E-state index contributed by atoms with van der Waals surface area (Å²) in [5.74, 6) is -0.353. The van der Waals surface area contributed by atoms with E-state index in [9.17, 15) is 19.7 Å². The number of nitrogens with one attached hydrogen (secondary N) is 2. The van der Waals surface area contributed by atoms with Gasteiger partial charge >= 0.3 is 0 Å². The predicted octanol–water partition coefficient (Wildman–Crippen LogP) is 2.60. The summed E-state index contributed by atoms with van der Waals surface area (Å²) in [6.45, 7) is 3.32. The van der Waals surface area contributed by atoms with E-state index in [4.69, 9.17) is 0 Å². The number of nitrogens with zero attached hydrogens (tertiary/aromatic N) is 3. The van der Waals surface area contributed by atoms with Crippen molar-refractivity contribution in [3.63, 3.8) is 0 Å². The summed E-state index contributed by atoms with van der Waals surface area (Å²) < 4.78 is 1.27. The molecule has 0 bridgehead atoms. The smallest absolute Gasteiger partial charge is 0.281 e. The quantitative estimate of drug-likeness (QED) is 0.398. The maximum absolute atomic E-state index is 12.7. The van der Waals surface area contributed by atoms with E-state index >= 15 is 0 Å². The number of non-ortho nitro benzene ring substituents is 1. The topological polar surface area (TPSA) is 122 Å². The molecule has 0 aliphatic rings. The van der Waals surface area contributed by atoms with Gasteiger partial charge in [-0.15, -0.1) is 11.3 Å². The van der Waals surface area contributed by atoms with E-state index < -0.39 is 4.92 Å². The lowest BCUT2D eigenvalue weighted by Crippen LogP contribution is -2.23. The summed E-state index contributed by atoms with van der Waals surface area (Å²) in [5.41, 5.74) is 3.68. The summed E-state index contributed by atoms with van der Waals surface area (Å²) in [5, 5.41) is 19.5. The van der Waals surface area contributed by atoms with Crippen molar-refractivity contribution in [2.24, 2.45) is 5.10 Å². The van der Waals surface area contributed by atoms with Crippen LogP contribution in [0.5, 0.6) is 0 Å². The highest BCUT2D eigenvalue weighted by Gasteiger charge is 2.16. The number of H-pyrrole nitrogens is 1. The third-order valence-electron chi connectivity index (χ3n) is 3.82. The monoisotopic (exact) mass is 385 g/mol. The standard InChI is InChI=1S/C17H15N5O4S/c1-10(18-19-16(23)14-4-3-9-27-14)15-11(2)20-21(17(15)24)12-5-7-13(8-6-12)22(25)26/h3-9,20H,1-2H3,(H,19,23)/b18-10+. The Labute approximate surface area is 157 Å². The van der Waals surface area contributed by atoms with E-state index in [2.05, 4.69) is 15.6 Å². The zero-order chi connectivity index (χ0) is 19.6. The van der Waals surface area contributed by atoms with Gasteiger partial charge in [-0.05, 0) is 37.4 Å². The van der Waals surface area contributed by atoms with E-state index in [1.165, 1.54) is 40.3 Å². The van der Waals surface area contributed by atoms with Crippen LogP contribution in [-0.2, 0) is 0 Å². The van der Waals surface area contributed by atoms with Gasteiger partial charge in [-0.2, -0.15) is 5.10 Å². The van der Waals surface area contributed by atoms with Crippen LogP contribution in [0.2, 0.25) is 0 Å². The molecule has 0 unspecified atom stereocenters. The highest BCUT2D eigenvalue weighted by molar-refractivity contribution is 7.12. The van der Waals surface area contributed by atoms with Crippen LogP contribution in [0.4, 0.5) is 5.69 Å². The predicted molar refractivity (Wildman–Crippen MR) is 102 cm³/mol. The Hall–Kier alpha value is -3.53. The molecule has 0 atom stereocenters. The van der Waals surface area contributed by atoms with Gasteiger partial charge in [0.1, 0.15) is 0 Å². The molecule has 0 radical (unpaired) electrons. The van der Waals surface area contributed by atoms with Gasteiger partial charge in [0, 0.05) is 17.8 Å². The minimum absolute atomic E-state index is 0.0654. The van der Waals surface area contributed by atoms with Crippen molar-refractivity contribution in [1.82, 2.24) is 15.2 Å². The Morgan fingerprint density at radius 1 is 1.30 bits per heavy atom. The van der Waals surface area contributed by atoms with Crippen molar-refractivity contribution in [3.8, 4) is 5.69 Å². The van der Waals surface area contributed by atoms with Gasteiger partial charge in [0.15, 0.2) is 0 Å². The average molecular weight is 385 g/mol. The number of rotatable bonds is 5. The van der Waals surface area contributed by atoms with Gasteiger partial charge in [-0.3, -0.25) is 24.8 Å². The Bertz CT molecular complexity index is 1080. The maximum Gasteiger partial charge on any atom is 0.281 e. The number of hydrogen-bond donors (Lipinski definition) is 2. The summed E-state index contributed by atoms with van der Waals surface area (Å²) in [7, 11) is 0. The lowest BCUT2D eigenvalue weighted by atomic mass is 10.2. The molecule has 0 aliphatic heterocycles. The van der Waals surface area contributed by atoms with Crippen LogP contribution >= 0.6 is 11.3 Å². The largest absolute Gasteiger partial charge is 0.295 e. The molecule has 138 valence electrons. The Balaban J connectivity index is 1.89. The SMILES string of the molecule is C/C(=N\NC(=O)c1cccs1)c1c(C)[nH]n(-c2ccc([N+](=O)[O-])cc2)c1=O. The first-order valence-corrected chi connectivity index (χ1v) is 8.71. The molecular weight excluding hydrogens is 370 g/mol. The fraction of sp³-hybridized carbons (Fsp3) is 0.118. The van der Waals surface area contributed by atoms with E-state index in [0.717, 1.165) is 0 Å². The molecule has 3 rings (SSSR count). The molecule has 1 amide bonds. The molecule has 0 saturated heterocycles. The molecule has 10 heteroatoms. The Morgan fingerprint density at radius 3 is 2.59 bits per heavy atom. The molecule has 0 fully saturated rings. The first-order valence-electron chi connectivity index (χ1n) is 7.83. The zero-order valence-electron chi connectivity index (χ0n) is 14.4. The van der Waals surface area contributed by atoms with Crippen LogP contribution in [-0.4, -0.2) is 26.3 Å². The highest BCUT2D eigenvalue weighted by atomic mass is 32.1. The molecular formula is C17H15N5O4S. The minimum Gasteiger partial charge on any atom is -0.295 e. The fourth-order valence-electron chi connectivity index (χ4n) is 2.53. The second kappa shape index (κ2) is 7.38. The van der Waals surface area contributed by atoms with Gasteiger partial charge in [0.2, 0.25) is 0 Å². The first kappa shape index (κ1) is 18.3. The second-order valence-electron chi connectivity index (χ2n) is 5.64. The van der Waals surface area contributed by atoms with Crippen molar-refractivity contribution in [3.05, 3.63) is 78.4 Å². The van der Waals surface area contributed by atoms with E-state index in [1.807, 2.05) is 0 Å². The van der Waals surface area contributed by atoms with Crippen molar-refractivity contribution in [2.45, 2.75) is 13.8 Å². The molecule has 9 nitrogen and oxygen atoms in total. The molecule has 1 aromatic carbocycles. The Kier molecular flexibility index (Phi) is 4.99. The van der Waals surface area contributed by atoms with Crippen LogP contribution in [0.1, 0.15) is 27.9 Å². The summed E-state index contributed by atoms with van der Waals surface area (Å²) in [6.07, 6.45) is 0. The van der Waals surface area contributed by atoms with Crippen molar-refractivity contribution < 1.29 is 9.72 Å². The van der Waals surface area contributed by atoms with Gasteiger partial charge in [-0.1, -0.05) is 6.07 Å². The zero-order valence-corrected chi connectivity index (χ0v) is 15.2. The molecule has 27 heavy (non-hydrogen) atoms. The normalized spacial score (nSPS) is 11.4. The number of aromatic nitrogens is 2. The average Bonchev–Trinajstić information content (AvgIpc) is 3.28. The van der Waals surface area contributed by atoms with Crippen LogP contribution in [0.15, 0.2) is 51.7 Å². The molecule has 2 N–H and O–H groups in total. The minimum atomic E-state index is -0.509. The second-order valence-corrected chi connectivity index (χ2v) is 6.59. The Morgan fingerprint density at radius 2 is 2.00 bits per heavy atom.